The van der Waals surface area contributed by atoms with Crippen LogP contribution in [0.3, 0.4) is 0 Å². The summed E-state index contributed by atoms with van der Waals surface area (Å²) in [7, 11) is 0. The van der Waals surface area contributed by atoms with Crippen LogP contribution in [0.15, 0.2) is 30.3 Å². The van der Waals surface area contributed by atoms with Gasteiger partial charge >= 0.3 is 6.03 Å². The topological polar surface area (TPSA) is 78.9 Å². The van der Waals surface area contributed by atoms with E-state index in [-0.39, 0.29) is 19.1 Å². The number of aryl methyl sites for hydroxylation is 4. The molecule has 2 N–H and O–H groups in total. The molecule has 1 aliphatic carbocycles. The maximum Gasteiger partial charge on any atom is 0.325 e. The molecule has 0 bridgehead atoms. The number of ether oxygens (including phenoxy) is 1. The minimum atomic E-state index is -1.13. The first-order chi connectivity index (χ1) is 14.7. The summed E-state index contributed by atoms with van der Waals surface area (Å²) in [6.07, 6.45) is 2.19. The second-order valence-corrected chi connectivity index (χ2v) is 8.93. The molecule has 4 rings (SSSR count). The van der Waals surface area contributed by atoms with E-state index >= 15 is 0 Å². The van der Waals surface area contributed by atoms with E-state index in [4.69, 9.17) is 4.74 Å². The first-order valence-corrected chi connectivity index (χ1v) is 10.8. The molecular formula is C25H30N2O4. The Morgan fingerprint density at radius 2 is 1.81 bits per heavy atom. The number of aliphatic hydroxyl groups excluding tert-OH is 1. The standard InChI is InChI=1S/C25H30N2O4/c1-15-8-9-16(2)22(17(15)3)31-14-21(28)13-27-23(29)25(4,26-24(27)30)20-11-10-18-6-5-7-19(18)12-20/h8-12,21,28H,5-7,13-14H2,1-4H3,(H,26,30)/t21-,25-/m0/s1. The van der Waals surface area contributed by atoms with Crippen molar-refractivity contribution in [3.63, 3.8) is 0 Å². The molecule has 0 aromatic heterocycles. The second-order valence-electron chi connectivity index (χ2n) is 8.93. The zero-order valence-electron chi connectivity index (χ0n) is 18.6. The van der Waals surface area contributed by atoms with Gasteiger partial charge in [-0.15, -0.1) is 0 Å². The summed E-state index contributed by atoms with van der Waals surface area (Å²) in [6, 6.07) is 9.53. The third-order valence-corrected chi connectivity index (χ3v) is 6.64. The smallest absolute Gasteiger partial charge is 0.325 e. The van der Waals surface area contributed by atoms with Gasteiger partial charge in [0, 0.05) is 0 Å². The Bertz CT molecular complexity index is 1050. The van der Waals surface area contributed by atoms with Gasteiger partial charge in [-0.2, -0.15) is 0 Å². The van der Waals surface area contributed by atoms with E-state index in [1.165, 1.54) is 11.1 Å². The summed E-state index contributed by atoms with van der Waals surface area (Å²) < 4.78 is 5.86. The normalized spacial score (nSPS) is 21.3. The van der Waals surface area contributed by atoms with Gasteiger partial charge in [0.15, 0.2) is 0 Å². The average molecular weight is 423 g/mol. The first kappa shape index (κ1) is 21.4. The molecule has 1 aliphatic heterocycles. The number of hydrogen-bond donors (Lipinski definition) is 2. The lowest BCUT2D eigenvalue weighted by molar-refractivity contribution is -0.132. The van der Waals surface area contributed by atoms with Crippen molar-refractivity contribution < 1.29 is 19.4 Å². The number of fused-ring (bicyclic) bond motifs is 1. The number of amides is 3. The fourth-order valence-electron chi connectivity index (χ4n) is 4.53. The maximum absolute atomic E-state index is 13.2. The summed E-state index contributed by atoms with van der Waals surface area (Å²) in [4.78, 5) is 26.9. The minimum Gasteiger partial charge on any atom is -0.490 e. The van der Waals surface area contributed by atoms with E-state index in [0.717, 1.165) is 52.2 Å². The van der Waals surface area contributed by atoms with Crippen LogP contribution >= 0.6 is 0 Å². The Hall–Kier alpha value is -2.86. The Balaban J connectivity index is 1.45. The largest absolute Gasteiger partial charge is 0.490 e. The van der Waals surface area contributed by atoms with E-state index in [9.17, 15) is 14.7 Å². The number of nitrogens with zero attached hydrogens (tertiary/aromatic N) is 1. The van der Waals surface area contributed by atoms with Gasteiger partial charge in [0.05, 0.1) is 6.54 Å². The molecular weight excluding hydrogens is 392 g/mol. The highest BCUT2D eigenvalue weighted by atomic mass is 16.5. The fraction of sp³-hybridized carbons (Fsp3) is 0.440. The Morgan fingerprint density at radius 1 is 1.10 bits per heavy atom. The molecule has 1 heterocycles. The SMILES string of the molecule is Cc1ccc(C)c(OC[C@@H](O)CN2C(=O)N[C@@](C)(c3ccc4c(c3)CCC4)C2=O)c1C. The summed E-state index contributed by atoms with van der Waals surface area (Å²) in [5, 5.41) is 13.4. The Kier molecular flexibility index (Phi) is 5.52. The van der Waals surface area contributed by atoms with Crippen molar-refractivity contribution in [2.24, 2.45) is 0 Å². The molecule has 0 saturated carbocycles. The lowest BCUT2D eigenvalue weighted by atomic mass is 9.89. The molecule has 1 fully saturated rings. The van der Waals surface area contributed by atoms with E-state index in [2.05, 4.69) is 11.4 Å². The zero-order valence-corrected chi connectivity index (χ0v) is 18.6. The number of β-amino-alcohol motifs (C(OH)–C–C–N with tert-alkyl or cyclic N) is 1. The molecule has 2 aliphatic rings. The van der Waals surface area contributed by atoms with Crippen molar-refractivity contribution in [1.29, 1.82) is 0 Å². The predicted molar refractivity (Wildman–Crippen MR) is 118 cm³/mol. The van der Waals surface area contributed by atoms with Gasteiger partial charge in [-0.3, -0.25) is 9.69 Å². The molecule has 2 aromatic rings. The third kappa shape index (κ3) is 3.81. The van der Waals surface area contributed by atoms with E-state index in [0.29, 0.717) is 0 Å². The number of urea groups is 1. The number of nitrogens with one attached hydrogen (secondary N) is 1. The molecule has 0 unspecified atom stereocenters. The van der Waals surface area contributed by atoms with Crippen molar-refractivity contribution in [2.75, 3.05) is 13.2 Å². The second kappa shape index (κ2) is 8.00. The highest BCUT2D eigenvalue weighted by Gasteiger charge is 2.49. The number of benzene rings is 2. The molecule has 2 atom stereocenters. The number of aliphatic hydroxyl groups is 1. The lowest BCUT2D eigenvalue weighted by Gasteiger charge is -2.24. The summed E-state index contributed by atoms with van der Waals surface area (Å²) >= 11 is 0. The highest BCUT2D eigenvalue weighted by molar-refractivity contribution is 6.07. The monoisotopic (exact) mass is 422 g/mol. The van der Waals surface area contributed by atoms with Crippen molar-refractivity contribution >= 4 is 11.9 Å². The zero-order chi connectivity index (χ0) is 22.3. The van der Waals surface area contributed by atoms with E-state index in [1.54, 1.807) is 6.92 Å². The first-order valence-electron chi connectivity index (χ1n) is 10.8. The van der Waals surface area contributed by atoms with Crippen LogP contribution in [-0.4, -0.2) is 41.2 Å². The van der Waals surface area contributed by atoms with E-state index in [1.807, 2.05) is 45.0 Å². The predicted octanol–water partition coefficient (Wildman–Crippen LogP) is 3.31. The highest BCUT2D eigenvalue weighted by Crippen LogP contribution is 2.33. The summed E-state index contributed by atoms with van der Waals surface area (Å²) in [6.45, 7) is 7.54. The molecule has 0 radical (unpaired) electrons. The molecule has 6 heteroatoms. The molecule has 1 saturated heterocycles. The number of hydrogen-bond acceptors (Lipinski definition) is 4. The third-order valence-electron chi connectivity index (χ3n) is 6.64. The van der Waals surface area contributed by atoms with Crippen LogP contribution in [0.5, 0.6) is 5.75 Å². The quantitative estimate of drug-likeness (QED) is 0.700. The van der Waals surface area contributed by atoms with Crippen LogP contribution in [-0.2, 0) is 23.2 Å². The molecule has 2 aromatic carbocycles. The lowest BCUT2D eigenvalue weighted by Crippen LogP contribution is -2.42. The van der Waals surface area contributed by atoms with E-state index < -0.39 is 17.7 Å². The summed E-state index contributed by atoms with van der Waals surface area (Å²) in [5.74, 6) is 0.386. The Morgan fingerprint density at radius 3 is 2.58 bits per heavy atom. The van der Waals surface area contributed by atoms with Crippen LogP contribution in [0, 0.1) is 20.8 Å². The van der Waals surface area contributed by atoms with Crippen molar-refractivity contribution in [1.82, 2.24) is 10.2 Å². The van der Waals surface area contributed by atoms with Gasteiger partial charge in [-0.1, -0.05) is 30.3 Å². The van der Waals surface area contributed by atoms with Crippen LogP contribution in [0.4, 0.5) is 4.79 Å². The molecule has 3 amide bonds. The Labute approximate surface area is 183 Å². The van der Waals surface area contributed by atoms with Gasteiger partial charge in [0.2, 0.25) is 0 Å². The van der Waals surface area contributed by atoms with Crippen LogP contribution in [0.2, 0.25) is 0 Å². The van der Waals surface area contributed by atoms with Gasteiger partial charge in [0.25, 0.3) is 5.91 Å². The van der Waals surface area contributed by atoms with Crippen molar-refractivity contribution in [3.8, 4) is 5.75 Å². The van der Waals surface area contributed by atoms with Crippen LogP contribution < -0.4 is 10.1 Å². The van der Waals surface area contributed by atoms with Crippen LogP contribution in [0.1, 0.15) is 46.7 Å². The molecule has 6 nitrogen and oxygen atoms in total. The minimum absolute atomic E-state index is 0.00223. The number of carbonyl (C=O) groups excluding carboxylic acids is 2. The van der Waals surface area contributed by atoms with Crippen LogP contribution in [0.25, 0.3) is 0 Å². The summed E-state index contributed by atoms with van der Waals surface area (Å²) in [5.41, 5.74) is 5.33. The molecule has 164 valence electrons. The van der Waals surface area contributed by atoms with Crippen molar-refractivity contribution in [3.05, 3.63) is 63.7 Å². The van der Waals surface area contributed by atoms with Crippen molar-refractivity contribution in [2.45, 2.75) is 58.6 Å². The number of rotatable bonds is 6. The number of imide groups is 1. The van der Waals surface area contributed by atoms with Gasteiger partial charge in [-0.05, 0) is 80.3 Å². The molecule has 0 spiro atoms. The number of carbonyl (C=O) groups is 2. The fourth-order valence-corrected chi connectivity index (χ4v) is 4.53. The maximum atomic E-state index is 13.2. The molecule has 31 heavy (non-hydrogen) atoms. The average Bonchev–Trinajstić information content (AvgIpc) is 3.29. The van der Waals surface area contributed by atoms with Gasteiger partial charge in [0.1, 0.15) is 24.0 Å². The van der Waals surface area contributed by atoms with Gasteiger partial charge in [-0.25, -0.2) is 4.79 Å². The van der Waals surface area contributed by atoms with Gasteiger partial charge < -0.3 is 15.2 Å².